The van der Waals surface area contributed by atoms with Crippen molar-refractivity contribution in [2.24, 2.45) is 0 Å². The summed E-state index contributed by atoms with van der Waals surface area (Å²) >= 11 is 0. The number of rotatable bonds is 4. The number of carbonyl (C=O) groups is 1. The fraction of sp³-hybridized carbons (Fsp3) is 0.125. The van der Waals surface area contributed by atoms with Gasteiger partial charge in [-0.3, -0.25) is 4.79 Å². The number of carbonyl (C=O) groups excluding carboxylic acids is 1. The van der Waals surface area contributed by atoms with E-state index in [0.717, 1.165) is 18.2 Å². The maximum Gasteiger partial charge on any atom is 0.417 e. The van der Waals surface area contributed by atoms with E-state index in [-0.39, 0.29) is 28.8 Å². The standard InChI is InChI=1S/C24H15F6N5O/c25-23(26,27)16-3-1-2-13(6-16)12-35-19(9-15-7-17(24(28,29)30)10-33-21(15)35)22(36)34-18-8-14-4-5-31-20(14)32-11-18/h1-11H,12H2,(H,31,32)(H,34,36). The van der Waals surface area contributed by atoms with E-state index in [0.29, 0.717) is 22.9 Å². The number of nitrogens with one attached hydrogen (secondary N) is 2. The SMILES string of the molecule is O=C(Nc1cnc2[nH]ccc2c1)c1cc2cc(C(F)(F)F)cnc2n1Cc1cccc(C(F)(F)F)c1. The van der Waals surface area contributed by atoms with Gasteiger partial charge in [-0.05, 0) is 42.0 Å². The van der Waals surface area contributed by atoms with Crippen LogP contribution in [0.5, 0.6) is 0 Å². The number of anilines is 1. The predicted octanol–water partition coefficient (Wildman–Crippen LogP) is 6.25. The van der Waals surface area contributed by atoms with E-state index in [4.69, 9.17) is 0 Å². The molecule has 0 aliphatic heterocycles. The van der Waals surface area contributed by atoms with Crippen molar-refractivity contribution >= 4 is 33.7 Å². The Labute approximate surface area is 198 Å². The lowest BCUT2D eigenvalue weighted by molar-refractivity contribution is -0.138. The molecule has 4 heterocycles. The third kappa shape index (κ3) is 4.49. The van der Waals surface area contributed by atoms with Crippen LogP contribution < -0.4 is 5.32 Å². The fourth-order valence-electron chi connectivity index (χ4n) is 3.88. The molecule has 0 fully saturated rings. The molecule has 2 N–H and O–H groups in total. The van der Waals surface area contributed by atoms with E-state index in [1.807, 2.05) is 0 Å². The van der Waals surface area contributed by atoms with Gasteiger partial charge in [-0.25, -0.2) is 9.97 Å². The highest BCUT2D eigenvalue weighted by Gasteiger charge is 2.32. The van der Waals surface area contributed by atoms with Gasteiger partial charge >= 0.3 is 12.4 Å². The Bertz CT molecular complexity index is 1600. The van der Waals surface area contributed by atoms with E-state index in [1.54, 1.807) is 18.3 Å². The van der Waals surface area contributed by atoms with Crippen LogP contribution in [0, 0.1) is 0 Å². The summed E-state index contributed by atoms with van der Waals surface area (Å²) in [4.78, 5) is 24.1. The number of amides is 1. The Morgan fingerprint density at radius 3 is 2.42 bits per heavy atom. The van der Waals surface area contributed by atoms with Crippen molar-refractivity contribution in [3.05, 3.63) is 89.5 Å². The minimum absolute atomic E-state index is 0.0150. The molecule has 0 atom stereocenters. The molecule has 184 valence electrons. The molecule has 12 heteroatoms. The molecule has 0 bridgehead atoms. The lowest BCUT2D eigenvalue weighted by atomic mass is 10.1. The van der Waals surface area contributed by atoms with Gasteiger partial charge in [0.1, 0.15) is 17.0 Å². The second kappa shape index (κ2) is 8.40. The first kappa shape index (κ1) is 23.4. The number of aromatic amines is 1. The monoisotopic (exact) mass is 503 g/mol. The smallest absolute Gasteiger partial charge is 0.346 e. The number of fused-ring (bicyclic) bond motifs is 2. The summed E-state index contributed by atoms with van der Waals surface area (Å²) in [5.41, 5.74) is -0.856. The fourth-order valence-corrected chi connectivity index (χ4v) is 3.88. The normalized spacial score (nSPS) is 12.4. The summed E-state index contributed by atoms with van der Waals surface area (Å²) < 4.78 is 80.6. The van der Waals surface area contributed by atoms with E-state index in [1.165, 1.54) is 29.0 Å². The van der Waals surface area contributed by atoms with E-state index >= 15 is 0 Å². The lowest BCUT2D eigenvalue weighted by Gasteiger charge is -2.13. The summed E-state index contributed by atoms with van der Waals surface area (Å²) in [5.74, 6) is -0.690. The Morgan fingerprint density at radius 1 is 0.889 bits per heavy atom. The number of benzene rings is 1. The van der Waals surface area contributed by atoms with Crippen molar-refractivity contribution in [2.45, 2.75) is 18.9 Å². The highest BCUT2D eigenvalue weighted by atomic mass is 19.4. The van der Waals surface area contributed by atoms with Crippen LogP contribution in [0.3, 0.4) is 0 Å². The molecule has 0 saturated carbocycles. The van der Waals surface area contributed by atoms with Crippen molar-refractivity contribution in [3.8, 4) is 0 Å². The summed E-state index contributed by atoms with van der Waals surface area (Å²) in [6.07, 6.45) is -5.56. The molecule has 36 heavy (non-hydrogen) atoms. The molecule has 1 aromatic carbocycles. The average molecular weight is 503 g/mol. The Hall–Kier alpha value is -4.35. The second-order valence-corrected chi connectivity index (χ2v) is 8.04. The Kier molecular flexibility index (Phi) is 5.46. The molecular weight excluding hydrogens is 488 g/mol. The molecule has 1 amide bonds. The second-order valence-electron chi connectivity index (χ2n) is 8.04. The maximum atomic E-state index is 13.2. The molecule has 0 saturated heterocycles. The van der Waals surface area contributed by atoms with Gasteiger partial charge in [-0.15, -0.1) is 0 Å². The minimum atomic E-state index is -4.66. The zero-order valence-corrected chi connectivity index (χ0v) is 18.1. The van der Waals surface area contributed by atoms with Crippen molar-refractivity contribution in [2.75, 3.05) is 5.32 Å². The number of nitrogens with zero attached hydrogens (tertiary/aromatic N) is 3. The Balaban J connectivity index is 1.57. The van der Waals surface area contributed by atoms with Gasteiger partial charge in [0.25, 0.3) is 5.91 Å². The van der Waals surface area contributed by atoms with Crippen LogP contribution >= 0.6 is 0 Å². The first-order chi connectivity index (χ1) is 17.0. The van der Waals surface area contributed by atoms with Gasteiger partial charge in [0.2, 0.25) is 0 Å². The van der Waals surface area contributed by atoms with Gasteiger partial charge in [-0.2, -0.15) is 26.3 Å². The van der Waals surface area contributed by atoms with E-state index in [9.17, 15) is 31.1 Å². The lowest BCUT2D eigenvalue weighted by Crippen LogP contribution is -2.18. The van der Waals surface area contributed by atoms with Crippen LogP contribution in [0.25, 0.3) is 22.1 Å². The maximum absolute atomic E-state index is 13.2. The van der Waals surface area contributed by atoms with Crippen LogP contribution in [0.4, 0.5) is 32.0 Å². The molecule has 5 aromatic rings. The summed E-state index contributed by atoms with van der Waals surface area (Å²) in [6.45, 7) is -0.233. The molecule has 0 aliphatic carbocycles. The number of H-pyrrole nitrogens is 1. The average Bonchev–Trinajstić information content (AvgIpc) is 3.42. The number of pyridine rings is 2. The quantitative estimate of drug-likeness (QED) is 0.285. The largest absolute Gasteiger partial charge is 0.417 e. The zero-order chi connectivity index (χ0) is 25.7. The van der Waals surface area contributed by atoms with Gasteiger partial charge in [-0.1, -0.05) is 12.1 Å². The highest BCUT2D eigenvalue weighted by Crippen LogP contribution is 2.33. The molecule has 0 radical (unpaired) electrons. The van der Waals surface area contributed by atoms with Gasteiger partial charge in [0.15, 0.2) is 0 Å². The van der Waals surface area contributed by atoms with Crippen LogP contribution in [0.1, 0.15) is 27.2 Å². The molecule has 0 aliphatic rings. The topological polar surface area (TPSA) is 75.6 Å². The Morgan fingerprint density at radius 2 is 1.67 bits per heavy atom. The molecule has 5 rings (SSSR count). The van der Waals surface area contributed by atoms with Crippen molar-refractivity contribution in [1.82, 2.24) is 19.5 Å². The number of alkyl halides is 6. The van der Waals surface area contributed by atoms with Gasteiger partial charge < -0.3 is 14.9 Å². The van der Waals surface area contributed by atoms with Crippen molar-refractivity contribution in [3.63, 3.8) is 0 Å². The third-order valence-corrected chi connectivity index (χ3v) is 5.55. The van der Waals surface area contributed by atoms with Gasteiger partial charge in [0, 0.05) is 29.7 Å². The minimum Gasteiger partial charge on any atom is -0.346 e. The molecule has 4 aromatic heterocycles. The van der Waals surface area contributed by atoms with Crippen LogP contribution in [-0.4, -0.2) is 25.4 Å². The van der Waals surface area contributed by atoms with Gasteiger partial charge in [0.05, 0.1) is 23.0 Å². The third-order valence-electron chi connectivity index (χ3n) is 5.55. The first-order valence-electron chi connectivity index (χ1n) is 10.5. The number of halogens is 6. The summed E-state index contributed by atoms with van der Waals surface area (Å²) in [6, 6.07) is 9.93. The van der Waals surface area contributed by atoms with Crippen LogP contribution in [0.2, 0.25) is 0 Å². The van der Waals surface area contributed by atoms with Crippen molar-refractivity contribution < 1.29 is 31.1 Å². The molecular formula is C24H15F6N5O. The van der Waals surface area contributed by atoms with Crippen LogP contribution in [-0.2, 0) is 18.9 Å². The van der Waals surface area contributed by atoms with Crippen LogP contribution in [0.15, 0.2) is 67.1 Å². The number of hydrogen-bond donors (Lipinski definition) is 2. The molecule has 0 spiro atoms. The van der Waals surface area contributed by atoms with Crippen molar-refractivity contribution in [1.29, 1.82) is 0 Å². The van der Waals surface area contributed by atoms with E-state index < -0.39 is 29.4 Å². The predicted molar refractivity (Wildman–Crippen MR) is 119 cm³/mol. The summed E-state index contributed by atoms with van der Waals surface area (Å²) in [5, 5.41) is 3.37. The molecule has 0 unspecified atom stereocenters. The highest BCUT2D eigenvalue weighted by molar-refractivity contribution is 6.06. The molecule has 6 nitrogen and oxygen atoms in total. The number of aromatic nitrogens is 4. The van der Waals surface area contributed by atoms with E-state index in [2.05, 4.69) is 20.3 Å². The zero-order valence-electron chi connectivity index (χ0n) is 18.1. The summed E-state index contributed by atoms with van der Waals surface area (Å²) in [7, 11) is 0. The number of hydrogen-bond acceptors (Lipinski definition) is 3. The first-order valence-corrected chi connectivity index (χ1v) is 10.5.